The number of rotatable bonds is 1. The van der Waals surface area contributed by atoms with Crippen molar-refractivity contribution in [1.82, 2.24) is 0 Å². The van der Waals surface area contributed by atoms with Gasteiger partial charge in [-0.1, -0.05) is 50.2 Å². The summed E-state index contributed by atoms with van der Waals surface area (Å²) in [6, 6.07) is 18.0. The number of benzene rings is 2. The highest BCUT2D eigenvalue weighted by Crippen LogP contribution is 2.46. The third kappa shape index (κ3) is 4.42. The highest BCUT2D eigenvalue weighted by atomic mass is 32.3. The molecule has 0 fully saturated rings. The molecule has 2 aliphatic heterocycles. The van der Waals surface area contributed by atoms with Crippen LogP contribution in [0.1, 0.15) is 31.9 Å². The van der Waals surface area contributed by atoms with Gasteiger partial charge in [-0.25, -0.2) is 8.42 Å². The Bertz CT molecular complexity index is 1080. The van der Waals surface area contributed by atoms with Gasteiger partial charge in [-0.15, -0.1) is 0 Å². The van der Waals surface area contributed by atoms with Crippen LogP contribution in [0.4, 0.5) is 11.4 Å². The van der Waals surface area contributed by atoms with Gasteiger partial charge in [0, 0.05) is 48.0 Å². The summed E-state index contributed by atoms with van der Waals surface area (Å²) < 4.78 is 35.2. The fraction of sp³-hybridized carbons (Fsp3) is 0.318. The van der Waals surface area contributed by atoms with Gasteiger partial charge in [0.1, 0.15) is 0 Å². The SMILES string of the molecule is CC1Cc2ccccc2[N+]1=C/C=C1/N(C)c2ccccc2C1(C)C.O=S(=O)([O-])O. The molecule has 1 unspecified atom stereocenters. The van der Waals surface area contributed by atoms with Crippen molar-refractivity contribution in [1.29, 1.82) is 0 Å². The van der Waals surface area contributed by atoms with Gasteiger partial charge in [0.25, 0.3) is 0 Å². The molecular formula is C22H26N2O4S. The minimum absolute atomic E-state index is 0.0321. The number of nitrogens with zero attached hydrogens (tertiary/aromatic N) is 2. The second-order valence-corrected chi connectivity index (χ2v) is 8.77. The van der Waals surface area contributed by atoms with Crippen molar-refractivity contribution < 1.29 is 22.1 Å². The molecule has 0 saturated carbocycles. The van der Waals surface area contributed by atoms with Crippen LogP contribution in [0, 0.1) is 0 Å². The normalized spacial score (nSPS) is 22.3. The summed E-state index contributed by atoms with van der Waals surface area (Å²) in [5, 5.41) is 0. The van der Waals surface area contributed by atoms with E-state index in [1.807, 2.05) is 0 Å². The zero-order valence-corrected chi connectivity index (χ0v) is 17.8. The van der Waals surface area contributed by atoms with Gasteiger partial charge in [0.05, 0.1) is 0 Å². The van der Waals surface area contributed by atoms with E-state index in [2.05, 4.69) is 98.1 Å². The summed E-state index contributed by atoms with van der Waals surface area (Å²) in [5.41, 5.74) is 6.89. The van der Waals surface area contributed by atoms with Crippen LogP contribution in [0.15, 0.2) is 60.3 Å². The van der Waals surface area contributed by atoms with E-state index in [4.69, 9.17) is 17.5 Å². The maximum Gasteiger partial charge on any atom is 0.215 e. The summed E-state index contributed by atoms with van der Waals surface area (Å²) in [6.45, 7) is 6.93. The van der Waals surface area contributed by atoms with E-state index in [9.17, 15) is 0 Å². The van der Waals surface area contributed by atoms with Gasteiger partial charge in [-0.3, -0.25) is 4.55 Å². The van der Waals surface area contributed by atoms with Crippen molar-refractivity contribution >= 4 is 28.0 Å². The smallest absolute Gasteiger partial charge is 0.215 e. The van der Waals surface area contributed by atoms with Crippen molar-refractivity contribution in [2.24, 2.45) is 0 Å². The van der Waals surface area contributed by atoms with Gasteiger partial charge in [-0.05, 0) is 18.6 Å². The Morgan fingerprint density at radius 3 is 2.41 bits per heavy atom. The summed E-state index contributed by atoms with van der Waals surface area (Å²) in [7, 11) is -2.74. The lowest BCUT2D eigenvalue weighted by atomic mass is 9.84. The van der Waals surface area contributed by atoms with Crippen molar-refractivity contribution in [2.45, 2.75) is 38.6 Å². The first-order valence-corrected chi connectivity index (χ1v) is 10.8. The number of fused-ring (bicyclic) bond motifs is 2. The second-order valence-electron chi connectivity index (χ2n) is 7.92. The molecule has 4 rings (SSSR count). The molecule has 1 atom stereocenters. The van der Waals surface area contributed by atoms with Crippen LogP contribution in [0.3, 0.4) is 0 Å². The molecule has 7 heteroatoms. The zero-order valence-electron chi connectivity index (χ0n) is 17.0. The standard InChI is InChI=1S/C22H25N2.H2O4S/c1-16-15-17-9-5-7-11-19(17)24(16)14-13-21-22(2,3)18-10-6-8-12-20(18)23(21)4;1-5(2,3)4/h5-14,16H,15H2,1-4H3;(H2,1,2,3,4)/q+1;/p-1. The lowest BCUT2D eigenvalue weighted by Gasteiger charge is -2.23. The van der Waals surface area contributed by atoms with Crippen molar-refractivity contribution in [3.8, 4) is 0 Å². The fourth-order valence-corrected chi connectivity index (χ4v) is 4.27. The maximum absolute atomic E-state index is 8.63. The molecule has 154 valence electrons. The number of para-hydroxylation sites is 2. The molecule has 2 aliphatic rings. The molecule has 0 bridgehead atoms. The number of anilines is 1. The predicted octanol–water partition coefficient (Wildman–Crippen LogP) is 3.66. The molecule has 1 N–H and O–H groups in total. The Kier molecular flexibility index (Phi) is 5.67. The molecule has 0 spiro atoms. The molecule has 0 aliphatic carbocycles. The van der Waals surface area contributed by atoms with Gasteiger partial charge < -0.3 is 9.45 Å². The molecule has 0 radical (unpaired) electrons. The second kappa shape index (κ2) is 7.74. The molecule has 2 heterocycles. The summed E-state index contributed by atoms with van der Waals surface area (Å²) >= 11 is 0. The summed E-state index contributed by atoms with van der Waals surface area (Å²) in [4.78, 5) is 2.33. The van der Waals surface area contributed by atoms with Crippen LogP contribution in [0.2, 0.25) is 0 Å². The molecule has 6 nitrogen and oxygen atoms in total. The summed E-state index contributed by atoms with van der Waals surface area (Å²) in [5.74, 6) is 0. The number of hydrogen-bond donors (Lipinski definition) is 1. The first-order valence-electron chi connectivity index (χ1n) is 9.43. The highest BCUT2D eigenvalue weighted by Gasteiger charge is 2.38. The molecule has 2 aromatic carbocycles. The van der Waals surface area contributed by atoms with Gasteiger partial charge in [0.15, 0.2) is 12.3 Å². The zero-order chi connectivity index (χ0) is 21.4. The van der Waals surface area contributed by atoms with Crippen molar-refractivity contribution in [3.63, 3.8) is 0 Å². The monoisotopic (exact) mass is 414 g/mol. The van der Waals surface area contributed by atoms with E-state index in [-0.39, 0.29) is 5.41 Å². The Labute approximate surface area is 172 Å². The van der Waals surface area contributed by atoms with Crippen molar-refractivity contribution in [2.75, 3.05) is 11.9 Å². The van der Waals surface area contributed by atoms with E-state index < -0.39 is 10.4 Å². The topological polar surface area (TPSA) is 83.7 Å². The molecule has 0 aromatic heterocycles. The van der Waals surface area contributed by atoms with E-state index in [1.54, 1.807) is 0 Å². The number of allylic oxidation sites excluding steroid dienone is 2. The third-order valence-corrected chi connectivity index (χ3v) is 5.59. The molecule has 2 aromatic rings. The van der Waals surface area contributed by atoms with Crippen LogP contribution in [-0.4, -0.2) is 41.4 Å². The van der Waals surface area contributed by atoms with Crippen LogP contribution in [-0.2, 0) is 22.2 Å². The van der Waals surface area contributed by atoms with Crippen LogP contribution >= 0.6 is 0 Å². The van der Waals surface area contributed by atoms with Crippen LogP contribution < -0.4 is 4.90 Å². The van der Waals surface area contributed by atoms with Crippen LogP contribution in [0.5, 0.6) is 0 Å². The van der Waals surface area contributed by atoms with Crippen LogP contribution in [0.25, 0.3) is 0 Å². The Hall–Kier alpha value is -2.48. The fourth-order valence-electron chi connectivity index (χ4n) is 4.27. The first kappa shape index (κ1) is 21.2. The average Bonchev–Trinajstić information content (AvgIpc) is 3.04. The number of likely N-dealkylation sites (N-methyl/N-ethyl adjacent to an activating group) is 1. The molecule has 0 saturated heterocycles. The third-order valence-electron chi connectivity index (χ3n) is 5.59. The number of hydrogen-bond acceptors (Lipinski definition) is 4. The summed E-state index contributed by atoms with van der Waals surface area (Å²) in [6.07, 6.45) is 5.70. The first-order chi connectivity index (χ1) is 13.5. The van der Waals surface area contributed by atoms with Gasteiger partial charge in [0.2, 0.25) is 16.1 Å². The average molecular weight is 415 g/mol. The van der Waals surface area contributed by atoms with Gasteiger partial charge in [-0.2, -0.15) is 4.58 Å². The minimum atomic E-state index is -4.92. The van der Waals surface area contributed by atoms with E-state index in [0.717, 1.165) is 6.42 Å². The molecular weight excluding hydrogens is 388 g/mol. The Balaban J connectivity index is 0.000000431. The molecule has 29 heavy (non-hydrogen) atoms. The lowest BCUT2D eigenvalue weighted by Crippen LogP contribution is -2.24. The minimum Gasteiger partial charge on any atom is -0.726 e. The van der Waals surface area contributed by atoms with Crippen molar-refractivity contribution in [3.05, 3.63) is 71.4 Å². The Morgan fingerprint density at radius 1 is 1.17 bits per heavy atom. The van der Waals surface area contributed by atoms with E-state index in [0.29, 0.717) is 6.04 Å². The van der Waals surface area contributed by atoms with E-state index in [1.165, 1.54) is 28.2 Å². The van der Waals surface area contributed by atoms with E-state index >= 15 is 0 Å². The lowest BCUT2D eigenvalue weighted by molar-refractivity contribution is -0.463. The van der Waals surface area contributed by atoms with Gasteiger partial charge >= 0.3 is 0 Å². The highest BCUT2D eigenvalue weighted by molar-refractivity contribution is 7.79. The quantitative estimate of drug-likeness (QED) is 0.437. The predicted molar refractivity (Wildman–Crippen MR) is 114 cm³/mol. The maximum atomic E-state index is 8.63. The largest absolute Gasteiger partial charge is 0.726 e. The Morgan fingerprint density at radius 2 is 1.76 bits per heavy atom. The molecule has 0 amide bonds.